The first-order valence-corrected chi connectivity index (χ1v) is 5.68. The molecule has 0 aliphatic heterocycles. The van der Waals surface area contributed by atoms with E-state index in [1.807, 2.05) is 0 Å². The van der Waals surface area contributed by atoms with Gasteiger partial charge in [0.15, 0.2) is 0 Å². The van der Waals surface area contributed by atoms with Gasteiger partial charge in [-0.05, 0) is 12.1 Å². The van der Waals surface area contributed by atoms with Gasteiger partial charge in [-0.2, -0.15) is 4.39 Å². The highest BCUT2D eigenvalue weighted by molar-refractivity contribution is 5.93. The predicted molar refractivity (Wildman–Crippen MR) is 66.4 cm³/mol. The van der Waals surface area contributed by atoms with Crippen molar-refractivity contribution in [3.63, 3.8) is 0 Å². The first-order chi connectivity index (χ1) is 9.08. The fourth-order valence-corrected chi connectivity index (χ4v) is 1.71. The number of hydrogen-bond acceptors (Lipinski definition) is 2. The number of aromatic nitrogens is 1. The standard InChI is InChI=1S/C14H12F2N2O/c1-18(9-11-4-2-3-5-12(11)15)14(19)10-6-7-17-13(16)8-10/h2-8H,9H2,1H3. The molecule has 0 saturated heterocycles. The molecule has 0 atom stereocenters. The van der Waals surface area contributed by atoms with Crippen LogP contribution < -0.4 is 0 Å². The van der Waals surface area contributed by atoms with Crippen LogP contribution in [0.5, 0.6) is 0 Å². The summed E-state index contributed by atoms with van der Waals surface area (Å²) in [4.78, 5) is 16.7. The van der Waals surface area contributed by atoms with Crippen molar-refractivity contribution in [3.8, 4) is 0 Å². The summed E-state index contributed by atoms with van der Waals surface area (Å²) in [6, 6.07) is 8.69. The van der Waals surface area contributed by atoms with Crippen molar-refractivity contribution in [1.82, 2.24) is 9.88 Å². The van der Waals surface area contributed by atoms with Crippen LogP contribution in [0.25, 0.3) is 0 Å². The van der Waals surface area contributed by atoms with Gasteiger partial charge in [-0.1, -0.05) is 18.2 Å². The summed E-state index contributed by atoms with van der Waals surface area (Å²) < 4.78 is 26.4. The third-order valence-corrected chi connectivity index (χ3v) is 2.69. The minimum atomic E-state index is -0.717. The van der Waals surface area contributed by atoms with Crippen LogP contribution in [0.15, 0.2) is 42.6 Å². The van der Waals surface area contributed by atoms with Gasteiger partial charge in [-0.15, -0.1) is 0 Å². The minimum absolute atomic E-state index is 0.120. The van der Waals surface area contributed by atoms with Gasteiger partial charge >= 0.3 is 0 Å². The lowest BCUT2D eigenvalue weighted by Crippen LogP contribution is -2.26. The average Bonchev–Trinajstić information content (AvgIpc) is 2.40. The summed E-state index contributed by atoms with van der Waals surface area (Å²) in [5, 5.41) is 0. The van der Waals surface area contributed by atoms with Crippen molar-refractivity contribution < 1.29 is 13.6 Å². The third-order valence-electron chi connectivity index (χ3n) is 2.69. The molecule has 0 aliphatic rings. The maximum absolute atomic E-state index is 13.5. The molecule has 1 amide bonds. The summed E-state index contributed by atoms with van der Waals surface area (Å²) in [5.74, 6) is -1.47. The quantitative estimate of drug-likeness (QED) is 0.797. The van der Waals surface area contributed by atoms with E-state index in [0.29, 0.717) is 5.56 Å². The largest absolute Gasteiger partial charge is 0.337 e. The highest BCUT2D eigenvalue weighted by Gasteiger charge is 2.14. The summed E-state index contributed by atoms with van der Waals surface area (Å²) in [6.07, 6.45) is 1.22. The van der Waals surface area contributed by atoms with E-state index in [9.17, 15) is 13.6 Å². The Hall–Kier alpha value is -2.30. The summed E-state index contributed by atoms with van der Waals surface area (Å²) in [6.45, 7) is 0.120. The molecule has 98 valence electrons. The normalized spacial score (nSPS) is 10.3. The van der Waals surface area contributed by atoms with Crippen LogP contribution >= 0.6 is 0 Å². The van der Waals surface area contributed by atoms with Gasteiger partial charge in [0.1, 0.15) is 5.82 Å². The van der Waals surface area contributed by atoms with Crippen molar-refractivity contribution in [2.24, 2.45) is 0 Å². The van der Waals surface area contributed by atoms with Gasteiger partial charge in [-0.3, -0.25) is 4.79 Å². The fraction of sp³-hybridized carbons (Fsp3) is 0.143. The van der Waals surface area contributed by atoms with E-state index < -0.39 is 5.95 Å². The molecule has 1 aromatic heterocycles. The lowest BCUT2D eigenvalue weighted by atomic mass is 10.2. The second kappa shape index (κ2) is 5.56. The molecule has 0 saturated carbocycles. The fourth-order valence-electron chi connectivity index (χ4n) is 1.71. The molecular weight excluding hydrogens is 250 g/mol. The Balaban J connectivity index is 2.14. The van der Waals surface area contributed by atoms with Gasteiger partial charge in [0.25, 0.3) is 5.91 Å². The SMILES string of the molecule is CN(Cc1ccccc1F)C(=O)c1ccnc(F)c1. The number of carbonyl (C=O) groups excluding carboxylic acids is 1. The predicted octanol–water partition coefficient (Wildman–Crippen LogP) is 2.63. The van der Waals surface area contributed by atoms with E-state index in [2.05, 4.69) is 4.98 Å². The van der Waals surface area contributed by atoms with Gasteiger partial charge in [0, 0.05) is 37.0 Å². The van der Waals surface area contributed by atoms with Crippen molar-refractivity contribution >= 4 is 5.91 Å². The molecule has 1 heterocycles. The highest BCUT2D eigenvalue weighted by atomic mass is 19.1. The number of benzene rings is 1. The molecule has 0 spiro atoms. The van der Waals surface area contributed by atoms with E-state index in [1.165, 1.54) is 30.3 Å². The second-order valence-electron chi connectivity index (χ2n) is 4.12. The number of rotatable bonds is 3. The molecule has 5 heteroatoms. The zero-order valence-corrected chi connectivity index (χ0v) is 10.3. The Morgan fingerprint density at radius 2 is 2.00 bits per heavy atom. The number of amides is 1. The van der Waals surface area contributed by atoms with Gasteiger partial charge in [0.05, 0.1) is 0 Å². The van der Waals surface area contributed by atoms with Crippen molar-refractivity contribution in [2.45, 2.75) is 6.54 Å². The van der Waals surface area contributed by atoms with E-state index in [-0.39, 0.29) is 23.8 Å². The van der Waals surface area contributed by atoms with Crippen LogP contribution in [-0.4, -0.2) is 22.8 Å². The lowest BCUT2D eigenvalue weighted by Gasteiger charge is -2.17. The Kier molecular flexibility index (Phi) is 3.85. The number of hydrogen-bond donors (Lipinski definition) is 0. The highest BCUT2D eigenvalue weighted by Crippen LogP contribution is 2.11. The minimum Gasteiger partial charge on any atom is -0.337 e. The van der Waals surface area contributed by atoms with E-state index in [1.54, 1.807) is 18.2 Å². The summed E-state index contributed by atoms with van der Waals surface area (Å²) in [7, 11) is 1.53. The Morgan fingerprint density at radius 3 is 2.68 bits per heavy atom. The van der Waals surface area contributed by atoms with Gasteiger partial charge in [-0.25, -0.2) is 9.37 Å². The smallest absolute Gasteiger partial charge is 0.254 e. The molecule has 0 N–H and O–H groups in total. The van der Waals surface area contributed by atoms with Crippen LogP contribution in [0.4, 0.5) is 8.78 Å². The van der Waals surface area contributed by atoms with Crippen LogP contribution in [0.3, 0.4) is 0 Å². The molecular formula is C14H12F2N2O. The van der Waals surface area contributed by atoms with Gasteiger partial charge in [0.2, 0.25) is 5.95 Å². The molecule has 0 aliphatic carbocycles. The zero-order chi connectivity index (χ0) is 13.8. The van der Waals surface area contributed by atoms with Gasteiger partial charge < -0.3 is 4.90 Å². The van der Waals surface area contributed by atoms with Crippen LogP contribution in [-0.2, 0) is 6.54 Å². The first kappa shape index (κ1) is 13.1. The molecule has 0 fully saturated rings. The zero-order valence-electron chi connectivity index (χ0n) is 10.3. The molecule has 2 aromatic rings. The third kappa shape index (κ3) is 3.13. The Bertz CT molecular complexity index is 602. The monoisotopic (exact) mass is 262 g/mol. The lowest BCUT2D eigenvalue weighted by molar-refractivity contribution is 0.0783. The average molecular weight is 262 g/mol. The second-order valence-corrected chi connectivity index (χ2v) is 4.12. The van der Waals surface area contributed by atoms with E-state index in [4.69, 9.17) is 0 Å². The molecule has 3 nitrogen and oxygen atoms in total. The molecule has 19 heavy (non-hydrogen) atoms. The van der Waals surface area contributed by atoms with E-state index >= 15 is 0 Å². The van der Waals surface area contributed by atoms with Crippen LogP contribution in [0.2, 0.25) is 0 Å². The first-order valence-electron chi connectivity index (χ1n) is 5.68. The number of nitrogens with zero attached hydrogens (tertiary/aromatic N) is 2. The Morgan fingerprint density at radius 1 is 1.26 bits per heavy atom. The number of pyridine rings is 1. The van der Waals surface area contributed by atoms with Crippen LogP contribution in [0.1, 0.15) is 15.9 Å². The molecule has 1 aromatic carbocycles. The molecule has 2 rings (SSSR count). The van der Waals surface area contributed by atoms with Crippen molar-refractivity contribution in [2.75, 3.05) is 7.05 Å². The van der Waals surface area contributed by atoms with Crippen molar-refractivity contribution in [3.05, 3.63) is 65.5 Å². The van der Waals surface area contributed by atoms with Crippen molar-refractivity contribution in [1.29, 1.82) is 0 Å². The topological polar surface area (TPSA) is 33.2 Å². The molecule has 0 unspecified atom stereocenters. The summed E-state index contributed by atoms with van der Waals surface area (Å²) >= 11 is 0. The van der Waals surface area contributed by atoms with Crippen LogP contribution in [0, 0.1) is 11.8 Å². The maximum Gasteiger partial charge on any atom is 0.254 e. The Labute approximate surface area is 109 Å². The molecule has 0 bridgehead atoms. The number of carbonyl (C=O) groups is 1. The summed E-state index contributed by atoms with van der Waals surface area (Å²) in [5.41, 5.74) is 0.596. The number of halogens is 2. The van der Waals surface area contributed by atoms with E-state index in [0.717, 1.165) is 6.07 Å². The molecule has 0 radical (unpaired) electrons. The maximum atomic E-state index is 13.5.